The number of fused-ring (bicyclic) bond motifs is 1. The predicted octanol–water partition coefficient (Wildman–Crippen LogP) is 0.562. The van der Waals surface area contributed by atoms with E-state index in [9.17, 15) is 13.2 Å². The van der Waals surface area contributed by atoms with Crippen LogP contribution in [0.4, 0.5) is 0 Å². The molecule has 0 radical (unpaired) electrons. The summed E-state index contributed by atoms with van der Waals surface area (Å²) >= 11 is 0. The van der Waals surface area contributed by atoms with Gasteiger partial charge in [-0.3, -0.25) is 9.20 Å². The van der Waals surface area contributed by atoms with Gasteiger partial charge in [0.05, 0.1) is 5.52 Å². The topological polar surface area (TPSA) is 83.8 Å². The number of nitrogens with zero attached hydrogens (tertiary/aromatic N) is 3. The lowest BCUT2D eigenvalue weighted by Gasteiger charge is -2.23. The highest BCUT2D eigenvalue weighted by Crippen LogP contribution is 2.23. The summed E-state index contributed by atoms with van der Waals surface area (Å²) in [6.45, 7) is 1.39. The molecule has 1 aliphatic heterocycles. The van der Waals surface area contributed by atoms with Crippen LogP contribution in [0.25, 0.3) is 5.52 Å². The van der Waals surface area contributed by atoms with Gasteiger partial charge in [-0.15, -0.1) is 0 Å². The normalized spacial score (nSPS) is 18.7. The Balaban J connectivity index is 2.08. The molecule has 1 fully saturated rings. The first kappa shape index (κ1) is 15.9. The molecule has 0 aromatic carbocycles. The number of carbonyl (C=O) groups excluding carboxylic acids is 1. The number of likely N-dealkylation sites (tertiary alicyclic amines) is 1. The van der Waals surface area contributed by atoms with E-state index < -0.39 is 9.84 Å². The second kappa shape index (κ2) is 5.93. The Bertz CT molecular complexity index is 844. The summed E-state index contributed by atoms with van der Waals surface area (Å²) in [6, 6.07) is 5.33. The number of pyridine rings is 1. The summed E-state index contributed by atoms with van der Waals surface area (Å²) < 4.78 is 25.4. The maximum absolute atomic E-state index is 12.9. The zero-order chi connectivity index (χ0) is 16.6. The van der Waals surface area contributed by atoms with Crippen LogP contribution in [0.5, 0.6) is 0 Å². The third-order valence-electron chi connectivity index (χ3n) is 4.13. The summed E-state index contributed by atoms with van der Waals surface area (Å²) in [6.07, 6.45) is 4.60. The van der Waals surface area contributed by atoms with Crippen LogP contribution in [0.2, 0.25) is 0 Å². The van der Waals surface area contributed by atoms with Crippen LogP contribution in [-0.4, -0.2) is 61.0 Å². The molecule has 0 aliphatic carbocycles. The molecule has 1 atom stereocenters. The monoisotopic (exact) mass is 336 g/mol. The molecule has 124 valence electrons. The second-order valence-electron chi connectivity index (χ2n) is 5.82. The molecule has 8 heteroatoms. The number of nitrogens with one attached hydrogen (secondary N) is 1. The minimum Gasteiger partial charge on any atom is -0.333 e. The van der Waals surface area contributed by atoms with Crippen molar-refractivity contribution in [3.63, 3.8) is 0 Å². The number of carbonyl (C=O) groups is 1. The number of aromatic nitrogens is 2. The van der Waals surface area contributed by atoms with Crippen LogP contribution in [0, 0.1) is 0 Å². The van der Waals surface area contributed by atoms with Crippen LogP contribution in [0.1, 0.15) is 23.3 Å². The Morgan fingerprint density at radius 1 is 1.43 bits per heavy atom. The van der Waals surface area contributed by atoms with Gasteiger partial charge in [-0.2, -0.15) is 0 Å². The van der Waals surface area contributed by atoms with Crippen LogP contribution in [-0.2, 0) is 9.84 Å². The Labute approximate surface area is 135 Å². The Morgan fingerprint density at radius 2 is 2.22 bits per heavy atom. The van der Waals surface area contributed by atoms with Crippen molar-refractivity contribution in [2.45, 2.75) is 24.0 Å². The summed E-state index contributed by atoms with van der Waals surface area (Å²) in [5.74, 6) is -0.207. The molecule has 0 spiro atoms. The van der Waals surface area contributed by atoms with Gasteiger partial charge in [0.15, 0.2) is 5.69 Å². The highest BCUT2D eigenvalue weighted by Gasteiger charge is 2.32. The van der Waals surface area contributed by atoms with Crippen molar-refractivity contribution >= 4 is 21.3 Å². The number of imidazole rings is 1. The van der Waals surface area contributed by atoms with E-state index in [2.05, 4.69) is 10.3 Å². The third-order valence-corrected chi connectivity index (χ3v) is 5.08. The summed E-state index contributed by atoms with van der Waals surface area (Å²) in [5, 5.41) is 3.00. The molecule has 23 heavy (non-hydrogen) atoms. The van der Waals surface area contributed by atoms with Gasteiger partial charge in [-0.1, -0.05) is 6.07 Å². The van der Waals surface area contributed by atoms with Crippen LogP contribution < -0.4 is 5.32 Å². The molecule has 7 nitrogen and oxygen atoms in total. The van der Waals surface area contributed by atoms with E-state index in [0.717, 1.165) is 25.6 Å². The Hall–Kier alpha value is -1.93. The fourth-order valence-corrected chi connectivity index (χ4v) is 3.89. The van der Waals surface area contributed by atoms with E-state index in [-0.39, 0.29) is 22.8 Å². The first-order valence-electron chi connectivity index (χ1n) is 7.56. The van der Waals surface area contributed by atoms with Gasteiger partial charge in [-0.25, -0.2) is 13.4 Å². The molecule has 0 saturated carbocycles. The molecule has 1 N–H and O–H groups in total. The Kier molecular flexibility index (Phi) is 4.11. The van der Waals surface area contributed by atoms with Crippen molar-refractivity contribution in [1.29, 1.82) is 0 Å². The highest BCUT2D eigenvalue weighted by atomic mass is 32.2. The summed E-state index contributed by atoms with van der Waals surface area (Å²) in [7, 11) is -1.66. The lowest BCUT2D eigenvalue weighted by molar-refractivity contribution is 0.0733. The fraction of sp³-hybridized carbons (Fsp3) is 0.467. The number of hydrogen-bond acceptors (Lipinski definition) is 5. The molecule has 3 heterocycles. The molecule has 2 aromatic heterocycles. The maximum atomic E-state index is 12.9. The average Bonchev–Trinajstić information content (AvgIpc) is 3.10. The number of hydrogen-bond donors (Lipinski definition) is 1. The maximum Gasteiger partial charge on any atom is 0.275 e. The van der Waals surface area contributed by atoms with Crippen molar-refractivity contribution in [1.82, 2.24) is 19.6 Å². The molecule has 1 amide bonds. The van der Waals surface area contributed by atoms with Crippen molar-refractivity contribution in [2.75, 3.05) is 26.4 Å². The van der Waals surface area contributed by atoms with Gasteiger partial charge in [-0.05, 0) is 32.0 Å². The van der Waals surface area contributed by atoms with Crippen LogP contribution in [0.3, 0.4) is 0 Å². The SMILES string of the molecule is CNCC1CCCN1C(=O)c1nc(S(C)(=O)=O)n2ccccc12. The molecule has 1 unspecified atom stereocenters. The van der Waals surface area contributed by atoms with Gasteiger partial charge in [0, 0.05) is 31.6 Å². The van der Waals surface area contributed by atoms with Gasteiger partial charge in [0.1, 0.15) is 0 Å². The first-order chi connectivity index (χ1) is 10.9. The minimum absolute atomic E-state index is 0.0965. The molecule has 2 aromatic rings. The Morgan fingerprint density at radius 3 is 2.91 bits per heavy atom. The first-order valence-corrected chi connectivity index (χ1v) is 9.45. The van der Waals surface area contributed by atoms with Crippen LogP contribution >= 0.6 is 0 Å². The zero-order valence-electron chi connectivity index (χ0n) is 13.2. The second-order valence-corrected chi connectivity index (χ2v) is 7.73. The fourth-order valence-electron chi connectivity index (χ4n) is 3.12. The molecular formula is C15H20N4O3S. The smallest absolute Gasteiger partial charge is 0.275 e. The summed E-state index contributed by atoms with van der Waals surface area (Å²) in [4.78, 5) is 18.9. The minimum atomic E-state index is -3.52. The number of amides is 1. The van der Waals surface area contributed by atoms with Gasteiger partial charge < -0.3 is 10.2 Å². The molecule has 1 saturated heterocycles. The van der Waals surface area contributed by atoms with E-state index in [4.69, 9.17) is 0 Å². The predicted molar refractivity (Wildman–Crippen MR) is 86.3 cm³/mol. The van der Waals surface area contributed by atoms with Gasteiger partial charge >= 0.3 is 0 Å². The van der Waals surface area contributed by atoms with E-state index in [0.29, 0.717) is 12.1 Å². The lowest BCUT2D eigenvalue weighted by atomic mass is 10.2. The standard InChI is InChI=1S/C15H20N4O3S/c1-16-10-11-6-5-9-18(11)14(20)13-12-7-3-4-8-19(12)15(17-13)23(2,21)22/h3-4,7-8,11,16H,5-6,9-10H2,1-2H3. The lowest BCUT2D eigenvalue weighted by Crippen LogP contribution is -2.41. The van der Waals surface area contributed by atoms with E-state index >= 15 is 0 Å². The van der Waals surface area contributed by atoms with Crippen LogP contribution in [0.15, 0.2) is 29.6 Å². The van der Waals surface area contributed by atoms with E-state index in [1.54, 1.807) is 29.3 Å². The number of likely N-dealkylation sites (N-methyl/N-ethyl adjacent to an activating group) is 1. The van der Waals surface area contributed by atoms with E-state index in [1.165, 1.54) is 4.40 Å². The zero-order valence-corrected chi connectivity index (χ0v) is 14.0. The van der Waals surface area contributed by atoms with Crippen molar-refractivity contribution < 1.29 is 13.2 Å². The van der Waals surface area contributed by atoms with Gasteiger partial charge in [0.2, 0.25) is 15.0 Å². The third kappa shape index (κ3) is 2.84. The van der Waals surface area contributed by atoms with Crippen molar-refractivity contribution in [3.8, 4) is 0 Å². The van der Waals surface area contributed by atoms with Gasteiger partial charge in [0.25, 0.3) is 5.91 Å². The molecule has 3 rings (SSSR count). The highest BCUT2D eigenvalue weighted by molar-refractivity contribution is 7.90. The molecule has 1 aliphatic rings. The average molecular weight is 336 g/mol. The number of sulfone groups is 1. The van der Waals surface area contributed by atoms with Crippen molar-refractivity contribution in [2.24, 2.45) is 0 Å². The van der Waals surface area contributed by atoms with E-state index in [1.807, 2.05) is 7.05 Å². The summed E-state index contributed by atoms with van der Waals surface area (Å²) in [5.41, 5.74) is 0.724. The van der Waals surface area contributed by atoms with Crippen molar-refractivity contribution in [3.05, 3.63) is 30.1 Å². The quantitative estimate of drug-likeness (QED) is 0.882. The largest absolute Gasteiger partial charge is 0.333 e. The molecular weight excluding hydrogens is 316 g/mol. The molecule has 0 bridgehead atoms. The number of rotatable bonds is 4.